The van der Waals surface area contributed by atoms with Crippen molar-refractivity contribution in [3.05, 3.63) is 149 Å². The molecule has 1 aromatic heterocycles. The van der Waals surface area contributed by atoms with Gasteiger partial charge in [0, 0.05) is 23.9 Å². The maximum atomic E-state index is 5.29. The van der Waals surface area contributed by atoms with Crippen LogP contribution in [0.1, 0.15) is 33.6 Å². The van der Waals surface area contributed by atoms with Crippen LogP contribution in [-0.2, 0) is 19.3 Å². The molecule has 0 saturated heterocycles. The Hall–Kier alpha value is -3.71. The van der Waals surface area contributed by atoms with Gasteiger partial charge in [-0.25, -0.2) is 0 Å². The van der Waals surface area contributed by atoms with Gasteiger partial charge in [-0.15, -0.1) is 0 Å². The Kier molecular flexibility index (Phi) is 5.58. The summed E-state index contributed by atoms with van der Waals surface area (Å²) in [6.45, 7) is 0. The monoisotopic (exact) mass is 399 g/mol. The van der Waals surface area contributed by atoms with Gasteiger partial charge < -0.3 is 0 Å². The van der Waals surface area contributed by atoms with E-state index in [1.165, 1.54) is 38.7 Å². The molecule has 0 aliphatic carbocycles. The zero-order valence-corrected chi connectivity index (χ0v) is 17.5. The quantitative estimate of drug-likeness (QED) is 0.299. The number of rotatable bonds is 6. The van der Waals surface area contributed by atoms with Gasteiger partial charge in [-0.2, -0.15) is 0 Å². The summed E-state index contributed by atoms with van der Waals surface area (Å²) in [4.78, 5) is 5.29. The second-order valence-corrected chi connectivity index (χ2v) is 8.02. The second kappa shape index (κ2) is 8.97. The summed E-state index contributed by atoms with van der Waals surface area (Å²) in [5, 5.41) is 2.58. The Morgan fingerprint density at radius 1 is 0.387 bits per heavy atom. The van der Waals surface area contributed by atoms with Crippen molar-refractivity contribution in [2.45, 2.75) is 19.3 Å². The van der Waals surface area contributed by atoms with Gasteiger partial charge >= 0.3 is 0 Å². The van der Waals surface area contributed by atoms with Crippen molar-refractivity contribution in [2.24, 2.45) is 0 Å². The second-order valence-electron chi connectivity index (χ2n) is 8.02. The standard InChI is InChI=1S/C30H25N/c1-4-12-23(13-5-1)20-28-26-18-10-11-19-27(26)29(21-24-14-6-2-7-15-24)31-30(28)22-25-16-8-3-9-17-25/h1-19H,20-22H2. The third-order valence-corrected chi connectivity index (χ3v) is 5.83. The van der Waals surface area contributed by atoms with Crippen LogP contribution in [-0.4, -0.2) is 4.98 Å². The Labute approximate surface area is 184 Å². The predicted octanol–water partition coefficient (Wildman–Crippen LogP) is 7.01. The summed E-state index contributed by atoms with van der Waals surface area (Å²) in [7, 11) is 0. The number of hydrogen-bond donors (Lipinski definition) is 0. The smallest absolute Gasteiger partial charge is 0.0529 e. The van der Waals surface area contributed by atoms with Gasteiger partial charge in [0.1, 0.15) is 0 Å². The molecule has 5 rings (SSSR count). The summed E-state index contributed by atoms with van der Waals surface area (Å²) in [5.74, 6) is 0. The van der Waals surface area contributed by atoms with E-state index in [0.29, 0.717) is 0 Å². The SMILES string of the molecule is c1ccc(Cc2nc(Cc3ccccc3)c3ccccc3c2Cc2ccccc2)cc1. The van der Waals surface area contributed by atoms with Crippen molar-refractivity contribution >= 4 is 10.8 Å². The summed E-state index contributed by atoms with van der Waals surface area (Å²) in [6.07, 6.45) is 2.58. The lowest BCUT2D eigenvalue weighted by atomic mass is 9.92. The summed E-state index contributed by atoms with van der Waals surface area (Å²) in [6, 6.07) is 40.8. The molecule has 0 aliphatic heterocycles. The lowest BCUT2D eigenvalue weighted by Gasteiger charge is -2.17. The summed E-state index contributed by atoms with van der Waals surface area (Å²) < 4.78 is 0. The number of aromatic nitrogens is 1. The van der Waals surface area contributed by atoms with Crippen LogP contribution in [0.25, 0.3) is 10.8 Å². The van der Waals surface area contributed by atoms with Crippen molar-refractivity contribution < 1.29 is 0 Å². The Morgan fingerprint density at radius 3 is 1.35 bits per heavy atom. The van der Waals surface area contributed by atoms with Crippen LogP contribution >= 0.6 is 0 Å². The molecule has 0 radical (unpaired) electrons. The molecule has 0 N–H and O–H groups in total. The van der Waals surface area contributed by atoms with Crippen molar-refractivity contribution in [3.63, 3.8) is 0 Å². The maximum Gasteiger partial charge on any atom is 0.0529 e. The molecule has 0 spiro atoms. The Balaban J connectivity index is 1.67. The molecule has 1 heterocycles. The van der Waals surface area contributed by atoms with Gasteiger partial charge in [0.25, 0.3) is 0 Å². The van der Waals surface area contributed by atoms with Gasteiger partial charge in [0.05, 0.1) is 5.69 Å². The molecule has 0 unspecified atom stereocenters. The molecule has 0 amide bonds. The molecule has 1 heteroatoms. The molecular weight excluding hydrogens is 374 g/mol. The first kappa shape index (κ1) is 19.3. The molecule has 4 aromatic carbocycles. The fourth-order valence-corrected chi connectivity index (χ4v) is 4.30. The fraction of sp³-hybridized carbons (Fsp3) is 0.100. The minimum Gasteiger partial charge on any atom is -0.256 e. The normalized spacial score (nSPS) is 11.0. The zero-order chi connectivity index (χ0) is 20.9. The van der Waals surface area contributed by atoms with Crippen molar-refractivity contribution in [1.29, 1.82) is 0 Å². The molecule has 0 aliphatic rings. The summed E-state index contributed by atoms with van der Waals surface area (Å²) >= 11 is 0. The third kappa shape index (κ3) is 4.41. The van der Waals surface area contributed by atoms with E-state index in [1.54, 1.807) is 0 Å². The largest absolute Gasteiger partial charge is 0.256 e. The number of benzene rings is 4. The van der Waals surface area contributed by atoms with E-state index in [2.05, 4.69) is 115 Å². The average Bonchev–Trinajstić information content (AvgIpc) is 2.83. The van der Waals surface area contributed by atoms with E-state index in [1.807, 2.05) is 0 Å². The number of pyridine rings is 1. The van der Waals surface area contributed by atoms with Crippen LogP contribution in [0.15, 0.2) is 115 Å². The van der Waals surface area contributed by atoms with Gasteiger partial charge in [-0.05, 0) is 34.1 Å². The topological polar surface area (TPSA) is 12.9 Å². The Morgan fingerprint density at radius 2 is 0.806 bits per heavy atom. The minimum absolute atomic E-state index is 0.842. The molecule has 0 fully saturated rings. The average molecular weight is 400 g/mol. The number of fused-ring (bicyclic) bond motifs is 1. The fourth-order valence-electron chi connectivity index (χ4n) is 4.30. The molecule has 5 aromatic rings. The van der Waals surface area contributed by atoms with Crippen molar-refractivity contribution in [1.82, 2.24) is 4.98 Å². The van der Waals surface area contributed by atoms with Gasteiger partial charge in [-0.3, -0.25) is 4.98 Å². The number of hydrogen-bond acceptors (Lipinski definition) is 1. The molecule has 1 nitrogen and oxygen atoms in total. The van der Waals surface area contributed by atoms with E-state index in [-0.39, 0.29) is 0 Å². The van der Waals surface area contributed by atoms with Gasteiger partial charge in [-0.1, -0.05) is 115 Å². The van der Waals surface area contributed by atoms with Crippen molar-refractivity contribution in [2.75, 3.05) is 0 Å². The maximum absolute atomic E-state index is 5.29. The number of nitrogens with zero attached hydrogens (tertiary/aromatic N) is 1. The summed E-state index contributed by atoms with van der Waals surface area (Å²) in [5.41, 5.74) is 7.58. The van der Waals surface area contributed by atoms with Crippen LogP contribution in [0, 0.1) is 0 Å². The highest BCUT2D eigenvalue weighted by Gasteiger charge is 2.15. The molecule has 0 atom stereocenters. The van der Waals surface area contributed by atoms with E-state index in [0.717, 1.165) is 25.0 Å². The lowest BCUT2D eigenvalue weighted by molar-refractivity contribution is 0.973. The van der Waals surface area contributed by atoms with Crippen LogP contribution in [0.2, 0.25) is 0 Å². The van der Waals surface area contributed by atoms with Crippen molar-refractivity contribution in [3.8, 4) is 0 Å². The highest BCUT2D eigenvalue weighted by atomic mass is 14.7. The minimum atomic E-state index is 0.842. The molecule has 31 heavy (non-hydrogen) atoms. The third-order valence-electron chi connectivity index (χ3n) is 5.83. The van der Waals surface area contributed by atoms with Crippen LogP contribution in [0.4, 0.5) is 0 Å². The van der Waals surface area contributed by atoms with Crippen LogP contribution < -0.4 is 0 Å². The predicted molar refractivity (Wildman–Crippen MR) is 129 cm³/mol. The first-order chi connectivity index (χ1) is 15.4. The van der Waals surface area contributed by atoms with E-state index in [9.17, 15) is 0 Å². The van der Waals surface area contributed by atoms with Crippen LogP contribution in [0.3, 0.4) is 0 Å². The lowest BCUT2D eigenvalue weighted by Crippen LogP contribution is -2.06. The Bertz CT molecular complexity index is 1280. The first-order valence-corrected chi connectivity index (χ1v) is 10.9. The van der Waals surface area contributed by atoms with E-state index in [4.69, 9.17) is 4.98 Å². The molecule has 0 bridgehead atoms. The first-order valence-electron chi connectivity index (χ1n) is 10.9. The molecular formula is C30H25N. The van der Waals surface area contributed by atoms with E-state index < -0.39 is 0 Å². The highest BCUT2D eigenvalue weighted by molar-refractivity contribution is 5.89. The van der Waals surface area contributed by atoms with E-state index >= 15 is 0 Å². The highest BCUT2D eigenvalue weighted by Crippen LogP contribution is 2.29. The van der Waals surface area contributed by atoms with Gasteiger partial charge in [0.2, 0.25) is 0 Å². The zero-order valence-electron chi connectivity index (χ0n) is 17.5. The van der Waals surface area contributed by atoms with Crippen LogP contribution in [0.5, 0.6) is 0 Å². The molecule has 0 saturated carbocycles. The molecule has 150 valence electrons. The van der Waals surface area contributed by atoms with Gasteiger partial charge in [0.15, 0.2) is 0 Å².